The lowest BCUT2D eigenvalue weighted by Crippen LogP contribution is -2.35. The summed E-state index contributed by atoms with van der Waals surface area (Å²) in [6.45, 7) is 4.91. The van der Waals surface area contributed by atoms with Crippen LogP contribution in [0.1, 0.15) is 54.5 Å². The molecule has 1 amide bonds. The van der Waals surface area contributed by atoms with E-state index < -0.39 is 0 Å². The highest BCUT2D eigenvalue weighted by atomic mass is 16.4. The molecule has 3 N–H and O–H groups in total. The Morgan fingerprint density at radius 1 is 1.55 bits per heavy atom. The zero-order valence-corrected chi connectivity index (χ0v) is 12.6. The molecule has 1 aliphatic carbocycles. The predicted octanol–water partition coefficient (Wildman–Crippen LogP) is 2.20. The number of aryl methyl sites for hydroxylation is 1. The van der Waals surface area contributed by atoms with E-state index >= 15 is 0 Å². The molecule has 1 aliphatic rings. The van der Waals surface area contributed by atoms with Crippen molar-refractivity contribution in [3.63, 3.8) is 0 Å². The maximum atomic E-state index is 11.5. The first-order chi connectivity index (χ1) is 9.51. The molecular weight excluding hydrogens is 254 g/mol. The summed E-state index contributed by atoms with van der Waals surface area (Å²) in [4.78, 5) is 13.9. The summed E-state index contributed by atoms with van der Waals surface area (Å²) in [6, 6.07) is 2.53. The Hall–Kier alpha value is -1.33. The molecule has 1 aromatic heterocycles. The minimum Gasteiger partial charge on any atom is -0.454 e. The number of carbonyl (C=O) groups is 1. The zero-order chi connectivity index (χ0) is 14.7. The van der Waals surface area contributed by atoms with Crippen molar-refractivity contribution in [2.75, 3.05) is 7.05 Å². The average molecular weight is 279 g/mol. The molecule has 112 valence electrons. The lowest BCUT2D eigenvalue weighted by molar-refractivity contribution is 0.0918. The summed E-state index contributed by atoms with van der Waals surface area (Å²) in [7, 11) is 2.13. The predicted molar refractivity (Wildman–Crippen MR) is 78.0 cm³/mol. The quantitative estimate of drug-likeness (QED) is 0.503. The summed E-state index contributed by atoms with van der Waals surface area (Å²) < 4.78 is 5.62. The largest absolute Gasteiger partial charge is 0.454 e. The molecule has 0 aliphatic heterocycles. The molecule has 1 heterocycles. The second-order valence-electron chi connectivity index (χ2n) is 6.04. The van der Waals surface area contributed by atoms with Crippen LogP contribution in [-0.2, 0) is 6.54 Å². The van der Waals surface area contributed by atoms with Gasteiger partial charge in [-0.25, -0.2) is 5.84 Å². The van der Waals surface area contributed by atoms with Crippen LogP contribution in [0.15, 0.2) is 10.5 Å². The second-order valence-corrected chi connectivity index (χ2v) is 6.04. The highest BCUT2D eigenvalue weighted by Gasteiger charge is 2.23. The van der Waals surface area contributed by atoms with Gasteiger partial charge < -0.3 is 4.42 Å². The van der Waals surface area contributed by atoms with Crippen molar-refractivity contribution in [2.24, 2.45) is 11.8 Å². The summed E-state index contributed by atoms with van der Waals surface area (Å²) >= 11 is 0. The Labute approximate surface area is 120 Å². The third kappa shape index (κ3) is 3.41. The first-order valence-electron chi connectivity index (χ1n) is 7.31. The van der Waals surface area contributed by atoms with Gasteiger partial charge in [0.05, 0.1) is 6.54 Å². The minimum absolute atomic E-state index is 0.313. The molecule has 1 aromatic rings. The molecule has 0 spiro atoms. The van der Waals surface area contributed by atoms with Crippen LogP contribution < -0.4 is 11.3 Å². The summed E-state index contributed by atoms with van der Waals surface area (Å²) in [5, 5.41) is 0. The number of carbonyl (C=O) groups excluding carboxylic acids is 1. The lowest BCUT2D eigenvalue weighted by atomic mass is 9.86. The van der Waals surface area contributed by atoms with Crippen molar-refractivity contribution in [3.05, 3.63) is 23.2 Å². The number of nitrogen functional groups attached to an aromatic ring is 1. The highest BCUT2D eigenvalue weighted by molar-refractivity contribution is 5.92. The van der Waals surface area contributed by atoms with Crippen LogP contribution >= 0.6 is 0 Å². The first kappa shape index (κ1) is 15.1. The molecular formula is C15H25N3O2. The molecule has 5 nitrogen and oxygen atoms in total. The monoisotopic (exact) mass is 279 g/mol. The van der Waals surface area contributed by atoms with E-state index in [1.54, 1.807) is 0 Å². The fraction of sp³-hybridized carbons (Fsp3) is 0.667. The number of hydrogen-bond acceptors (Lipinski definition) is 4. The van der Waals surface area contributed by atoms with Crippen molar-refractivity contribution in [3.8, 4) is 0 Å². The fourth-order valence-electron chi connectivity index (χ4n) is 3.09. The average Bonchev–Trinajstić information content (AvgIpc) is 2.78. The van der Waals surface area contributed by atoms with Crippen LogP contribution in [0.3, 0.4) is 0 Å². The van der Waals surface area contributed by atoms with E-state index in [0.717, 1.165) is 23.8 Å². The van der Waals surface area contributed by atoms with E-state index in [1.165, 1.54) is 25.7 Å². The van der Waals surface area contributed by atoms with Crippen molar-refractivity contribution in [2.45, 2.75) is 52.1 Å². The number of nitrogens with one attached hydrogen (secondary N) is 1. The molecule has 0 bridgehead atoms. The van der Waals surface area contributed by atoms with Gasteiger partial charge in [0.25, 0.3) is 0 Å². The summed E-state index contributed by atoms with van der Waals surface area (Å²) in [5.74, 6) is 6.71. The molecule has 2 rings (SSSR count). The Balaban J connectivity index is 2.00. The molecule has 2 atom stereocenters. The normalized spacial score (nSPS) is 23.1. The number of hydrazine groups is 1. The SMILES string of the molecule is Cc1cc(CN(C)C2CCCC(C)C2)oc1C(=O)NN. The van der Waals surface area contributed by atoms with E-state index in [-0.39, 0.29) is 5.91 Å². The number of hydrogen-bond donors (Lipinski definition) is 2. The Morgan fingerprint density at radius 3 is 2.95 bits per heavy atom. The maximum absolute atomic E-state index is 11.5. The minimum atomic E-state index is -0.373. The number of nitrogens with zero attached hydrogens (tertiary/aromatic N) is 1. The van der Waals surface area contributed by atoms with Crippen LogP contribution in [0.25, 0.3) is 0 Å². The van der Waals surface area contributed by atoms with Gasteiger partial charge in [-0.15, -0.1) is 0 Å². The van der Waals surface area contributed by atoms with E-state index in [4.69, 9.17) is 10.3 Å². The molecule has 0 aromatic carbocycles. The molecule has 20 heavy (non-hydrogen) atoms. The number of furan rings is 1. The third-order valence-electron chi connectivity index (χ3n) is 4.24. The van der Waals surface area contributed by atoms with Crippen LogP contribution in [0.4, 0.5) is 0 Å². The Kier molecular flexibility index (Phi) is 4.83. The zero-order valence-electron chi connectivity index (χ0n) is 12.6. The van der Waals surface area contributed by atoms with Crippen molar-refractivity contribution in [1.29, 1.82) is 0 Å². The molecule has 2 unspecified atom stereocenters. The van der Waals surface area contributed by atoms with E-state index in [0.29, 0.717) is 11.8 Å². The molecule has 1 saturated carbocycles. The third-order valence-corrected chi connectivity index (χ3v) is 4.24. The topological polar surface area (TPSA) is 71.5 Å². The van der Waals surface area contributed by atoms with Gasteiger partial charge in [0, 0.05) is 11.6 Å². The Morgan fingerprint density at radius 2 is 2.30 bits per heavy atom. The second kappa shape index (κ2) is 6.41. The number of nitrogens with two attached hydrogens (primary N) is 1. The van der Waals surface area contributed by atoms with Crippen molar-refractivity contribution >= 4 is 5.91 Å². The van der Waals surface area contributed by atoms with Gasteiger partial charge in [-0.2, -0.15) is 0 Å². The molecule has 5 heteroatoms. The molecule has 0 radical (unpaired) electrons. The smallest absolute Gasteiger partial charge is 0.301 e. The molecule has 1 fully saturated rings. The van der Waals surface area contributed by atoms with Gasteiger partial charge in [0.2, 0.25) is 0 Å². The van der Waals surface area contributed by atoms with Crippen molar-refractivity contribution < 1.29 is 9.21 Å². The van der Waals surface area contributed by atoms with E-state index in [1.807, 2.05) is 13.0 Å². The van der Waals surface area contributed by atoms with Gasteiger partial charge in [-0.05, 0) is 38.8 Å². The first-order valence-corrected chi connectivity index (χ1v) is 7.31. The van der Waals surface area contributed by atoms with Gasteiger partial charge >= 0.3 is 5.91 Å². The van der Waals surface area contributed by atoms with Crippen LogP contribution in [0.2, 0.25) is 0 Å². The van der Waals surface area contributed by atoms with Gasteiger partial charge in [-0.1, -0.05) is 19.8 Å². The van der Waals surface area contributed by atoms with Gasteiger partial charge in [-0.3, -0.25) is 15.1 Å². The maximum Gasteiger partial charge on any atom is 0.301 e. The molecule has 0 saturated heterocycles. The van der Waals surface area contributed by atoms with Crippen LogP contribution in [-0.4, -0.2) is 23.9 Å². The number of rotatable bonds is 4. The fourth-order valence-corrected chi connectivity index (χ4v) is 3.09. The van der Waals surface area contributed by atoms with Gasteiger partial charge in [0.1, 0.15) is 5.76 Å². The Bertz CT molecular complexity index is 470. The standard InChI is InChI=1S/C15H25N3O2/c1-10-5-4-6-12(7-10)18(3)9-13-8-11(2)14(20-13)15(19)17-16/h8,10,12H,4-7,9,16H2,1-3H3,(H,17,19). The van der Waals surface area contributed by atoms with Gasteiger partial charge in [0.15, 0.2) is 5.76 Å². The highest BCUT2D eigenvalue weighted by Crippen LogP contribution is 2.28. The van der Waals surface area contributed by atoms with E-state index in [9.17, 15) is 4.79 Å². The number of amides is 1. The van der Waals surface area contributed by atoms with Crippen molar-refractivity contribution in [1.82, 2.24) is 10.3 Å². The summed E-state index contributed by atoms with van der Waals surface area (Å²) in [5.41, 5.74) is 2.94. The van der Waals surface area contributed by atoms with Crippen LogP contribution in [0.5, 0.6) is 0 Å². The summed E-state index contributed by atoms with van der Waals surface area (Å²) in [6.07, 6.45) is 5.13. The van der Waals surface area contributed by atoms with E-state index in [2.05, 4.69) is 24.3 Å². The lowest BCUT2D eigenvalue weighted by Gasteiger charge is -2.33. The van der Waals surface area contributed by atoms with Crippen LogP contribution in [0, 0.1) is 12.8 Å².